The Morgan fingerprint density at radius 1 is 1.00 bits per heavy atom. The normalized spacial score (nSPS) is 17.1. The van der Waals surface area contributed by atoms with E-state index in [2.05, 4.69) is 61.7 Å². The van der Waals surface area contributed by atoms with E-state index in [1.807, 2.05) is 0 Å². The lowest BCUT2D eigenvalue weighted by atomic mass is 9.86. The van der Waals surface area contributed by atoms with Crippen LogP contribution in [-0.2, 0) is 16.9 Å². The minimum atomic E-state index is -3.60. The Bertz CT molecular complexity index is 1410. The van der Waals surface area contributed by atoms with Gasteiger partial charge < -0.3 is 20.3 Å². The number of nitrogens with zero attached hydrogens (tertiary/aromatic N) is 6. The number of benzene rings is 1. The summed E-state index contributed by atoms with van der Waals surface area (Å²) in [6.07, 6.45) is 7.61. The number of aromatic nitrogens is 5. The predicted octanol–water partition coefficient (Wildman–Crippen LogP) is 3.93. The van der Waals surface area contributed by atoms with E-state index in [-0.39, 0.29) is 17.1 Å². The van der Waals surface area contributed by atoms with Crippen molar-refractivity contribution in [2.24, 2.45) is 7.05 Å². The zero-order chi connectivity index (χ0) is 27.0. The summed E-state index contributed by atoms with van der Waals surface area (Å²) in [5.74, 6) is 1.86. The van der Waals surface area contributed by atoms with Crippen molar-refractivity contribution in [3.05, 3.63) is 35.8 Å². The molecular weight excluding hydrogens is 504 g/mol. The first-order valence-corrected chi connectivity index (χ1v) is 14.6. The second-order valence-electron chi connectivity index (χ2n) is 10.6. The maximum atomic E-state index is 12.8. The molecule has 2 fully saturated rings. The average molecular weight is 541 g/mol. The van der Waals surface area contributed by atoms with Crippen LogP contribution in [-0.4, -0.2) is 69.5 Å². The van der Waals surface area contributed by atoms with E-state index < -0.39 is 15.1 Å². The van der Waals surface area contributed by atoms with Gasteiger partial charge in [-0.15, -0.1) is 0 Å². The number of nitrogens with one attached hydrogen (secondary N) is 2. The Hall–Kier alpha value is -3.25. The van der Waals surface area contributed by atoms with Crippen LogP contribution in [0.25, 0.3) is 0 Å². The molecular formula is C26H36N8O3S. The minimum Gasteiger partial charge on any atom is -0.488 e. The summed E-state index contributed by atoms with van der Waals surface area (Å²) in [6.45, 7) is 7.58. The average Bonchev–Trinajstić information content (AvgIpc) is 3.61. The topological polar surface area (TPSA) is 127 Å². The molecule has 0 atom stereocenters. The van der Waals surface area contributed by atoms with Gasteiger partial charge in [-0.05, 0) is 95.8 Å². The molecule has 3 aromatic rings. The monoisotopic (exact) mass is 540 g/mol. The zero-order valence-electron chi connectivity index (χ0n) is 22.6. The number of likely N-dealkylation sites (tertiary alicyclic amines) is 1. The molecule has 0 radical (unpaired) electrons. The van der Waals surface area contributed by atoms with Gasteiger partial charge in [-0.2, -0.15) is 10.1 Å². The summed E-state index contributed by atoms with van der Waals surface area (Å²) < 4.78 is 33.3. The second-order valence-corrected chi connectivity index (χ2v) is 13.0. The van der Waals surface area contributed by atoms with Crippen LogP contribution in [0.5, 0.6) is 5.75 Å². The molecule has 1 aliphatic carbocycles. The van der Waals surface area contributed by atoms with E-state index in [0.717, 1.165) is 50.2 Å². The Balaban J connectivity index is 1.40. The maximum absolute atomic E-state index is 12.8. The summed E-state index contributed by atoms with van der Waals surface area (Å²) >= 11 is 0. The molecule has 0 unspecified atom stereocenters. The quantitative estimate of drug-likeness (QED) is 0.412. The molecule has 12 heteroatoms. The Morgan fingerprint density at radius 2 is 1.66 bits per heavy atom. The fourth-order valence-corrected chi connectivity index (χ4v) is 5.77. The van der Waals surface area contributed by atoms with Crippen LogP contribution in [0.1, 0.15) is 56.6 Å². The van der Waals surface area contributed by atoms with Crippen molar-refractivity contribution >= 4 is 33.1 Å². The summed E-state index contributed by atoms with van der Waals surface area (Å²) in [4.78, 5) is 15.4. The molecule has 1 saturated carbocycles. The van der Waals surface area contributed by atoms with Crippen molar-refractivity contribution in [3.8, 4) is 5.75 Å². The lowest BCUT2D eigenvalue weighted by Crippen LogP contribution is -2.29. The zero-order valence-corrected chi connectivity index (χ0v) is 23.4. The lowest BCUT2D eigenvalue weighted by molar-refractivity contribution is 0.254. The first kappa shape index (κ1) is 26.4. The summed E-state index contributed by atoms with van der Waals surface area (Å²) in [6, 6.07) is 4.29. The largest absolute Gasteiger partial charge is 0.488 e. The number of hydrogen-bond donors (Lipinski definition) is 2. The number of anilines is 4. The van der Waals surface area contributed by atoms with Crippen molar-refractivity contribution in [2.45, 2.75) is 68.8 Å². The van der Waals surface area contributed by atoms with Crippen LogP contribution in [0.3, 0.4) is 0 Å². The fourth-order valence-electron chi connectivity index (χ4n) is 4.67. The van der Waals surface area contributed by atoms with Crippen LogP contribution < -0.4 is 15.4 Å². The smallest absolute Gasteiger partial charge is 0.232 e. The molecule has 2 aromatic heterocycles. The lowest BCUT2D eigenvalue weighted by Gasteiger charge is -2.30. The van der Waals surface area contributed by atoms with Crippen LogP contribution in [0.2, 0.25) is 0 Å². The first-order valence-electron chi connectivity index (χ1n) is 13.1. The molecule has 1 aliphatic heterocycles. The van der Waals surface area contributed by atoms with Gasteiger partial charge in [0.1, 0.15) is 12.1 Å². The molecule has 5 rings (SSSR count). The molecule has 11 nitrogen and oxygen atoms in total. The van der Waals surface area contributed by atoms with Crippen LogP contribution in [0.4, 0.5) is 23.3 Å². The Kier molecular flexibility index (Phi) is 7.28. The molecule has 1 saturated heterocycles. The molecule has 3 heterocycles. The van der Waals surface area contributed by atoms with E-state index >= 15 is 0 Å². The van der Waals surface area contributed by atoms with Gasteiger partial charge in [0.15, 0.2) is 0 Å². The van der Waals surface area contributed by atoms with Gasteiger partial charge in [-0.25, -0.2) is 18.4 Å². The molecule has 2 aliphatic rings. The SMILES string of the molecule is Cc1cc(Nc2ncnc(Nc3cn(C)nc3S(=O)(=O)C(C)C)n2)c(OC2CC2)cc1C1CCN(C)CC1. The van der Waals surface area contributed by atoms with Gasteiger partial charge >= 0.3 is 0 Å². The van der Waals surface area contributed by atoms with E-state index in [0.29, 0.717) is 17.6 Å². The third-order valence-electron chi connectivity index (χ3n) is 7.09. The molecule has 1 aromatic carbocycles. The summed E-state index contributed by atoms with van der Waals surface area (Å²) in [5.41, 5.74) is 3.66. The van der Waals surface area contributed by atoms with Gasteiger partial charge in [-0.1, -0.05) is 0 Å². The third kappa shape index (κ3) is 5.75. The number of aryl methyl sites for hydroxylation is 2. The van der Waals surface area contributed by atoms with Crippen molar-refractivity contribution in [1.82, 2.24) is 29.6 Å². The van der Waals surface area contributed by atoms with E-state index in [1.165, 1.54) is 22.1 Å². The van der Waals surface area contributed by atoms with Crippen molar-refractivity contribution in [2.75, 3.05) is 30.8 Å². The highest BCUT2D eigenvalue weighted by molar-refractivity contribution is 7.92. The molecule has 2 N–H and O–H groups in total. The van der Waals surface area contributed by atoms with Gasteiger partial charge in [0.25, 0.3) is 0 Å². The summed E-state index contributed by atoms with van der Waals surface area (Å²) in [7, 11) is 0.246. The highest BCUT2D eigenvalue weighted by Gasteiger charge is 2.28. The van der Waals surface area contributed by atoms with Crippen LogP contribution in [0, 0.1) is 6.92 Å². The van der Waals surface area contributed by atoms with E-state index in [1.54, 1.807) is 27.1 Å². The van der Waals surface area contributed by atoms with Crippen molar-refractivity contribution < 1.29 is 13.2 Å². The van der Waals surface area contributed by atoms with Crippen LogP contribution >= 0.6 is 0 Å². The van der Waals surface area contributed by atoms with Crippen LogP contribution in [0.15, 0.2) is 29.7 Å². The highest BCUT2D eigenvalue weighted by Crippen LogP contribution is 2.39. The van der Waals surface area contributed by atoms with E-state index in [4.69, 9.17) is 4.74 Å². The number of sulfone groups is 1. The minimum absolute atomic E-state index is 0.0369. The predicted molar refractivity (Wildman–Crippen MR) is 146 cm³/mol. The van der Waals surface area contributed by atoms with Gasteiger partial charge in [-0.3, -0.25) is 4.68 Å². The first-order chi connectivity index (χ1) is 18.1. The van der Waals surface area contributed by atoms with Gasteiger partial charge in [0.2, 0.25) is 26.8 Å². The molecule has 0 amide bonds. The van der Waals surface area contributed by atoms with Gasteiger partial charge in [0, 0.05) is 13.2 Å². The summed E-state index contributed by atoms with van der Waals surface area (Å²) in [5, 5.41) is 9.82. The Labute approximate surface area is 224 Å². The molecule has 0 spiro atoms. The standard InChI is InChI=1S/C26H36N8O3S/c1-16(2)38(35,36)24-22(14-34(5)32-24)30-26-28-15-27-25(31-26)29-21-12-17(3)20(13-23(21)37-19-6-7-19)18-8-10-33(4)11-9-18/h12-16,18-19H,6-11H2,1-5H3,(H2,27,28,29,30,31). The number of hydrogen-bond acceptors (Lipinski definition) is 10. The van der Waals surface area contributed by atoms with Crippen molar-refractivity contribution in [3.63, 3.8) is 0 Å². The molecule has 204 valence electrons. The van der Waals surface area contributed by atoms with E-state index in [9.17, 15) is 8.42 Å². The third-order valence-corrected chi connectivity index (χ3v) is 9.18. The van der Waals surface area contributed by atoms with Gasteiger partial charge in [0.05, 0.1) is 22.7 Å². The Morgan fingerprint density at radius 3 is 2.29 bits per heavy atom. The number of piperidine rings is 1. The molecule has 0 bridgehead atoms. The second kappa shape index (κ2) is 10.5. The highest BCUT2D eigenvalue weighted by atomic mass is 32.2. The van der Waals surface area contributed by atoms with Crippen molar-refractivity contribution in [1.29, 1.82) is 0 Å². The molecule has 38 heavy (non-hydrogen) atoms. The maximum Gasteiger partial charge on any atom is 0.232 e. The fraction of sp³-hybridized carbons (Fsp3) is 0.538. The number of rotatable bonds is 9. The number of ether oxygens (including phenoxy) is 1.